The fourth-order valence-corrected chi connectivity index (χ4v) is 5.18. The number of aromatic nitrogens is 1. The number of carbonyl (C=O) groups excluding carboxylic acids is 2. The van der Waals surface area contributed by atoms with E-state index in [0.29, 0.717) is 6.42 Å². The normalized spacial score (nSPS) is 20.6. The molecule has 5 nitrogen and oxygen atoms in total. The summed E-state index contributed by atoms with van der Waals surface area (Å²) in [4.78, 5) is 32.3. The number of amides is 2. The van der Waals surface area contributed by atoms with Crippen molar-refractivity contribution in [2.75, 3.05) is 13.1 Å². The maximum Gasteiger partial charge on any atom is 0.251 e. The standard InChI is InChI=1S/C14H22N2O2.C12H13NS/c1-4-11(3)16-13(17)9-12(14(16)18)15-7-5-10(2)6-8-15;1-4-9(3)12-13-10-6-5-8(2)7-11(10)14-12/h4,10,12H,5-9H2,1-3H3;5-7H,3-4H2,1-2H3/b11-4+;. The Balaban J connectivity index is 0.000000186. The minimum atomic E-state index is -0.222. The summed E-state index contributed by atoms with van der Waals surface area (Å²) >= 11 is 1.73. The Morgan fingerprint density at radius 1 is 1.28 bits per heavy atom. The van der Waals surface area contributed by atoms with Crippen molar-refractivity contribution in [3.05, 3.63) is 47.1 Å². The Labute approximate surface area is 195 Å². The van der Waals surface area contributed by atoms with Gasteiger partial charge in [0, 0.05) is 5.70 Å². The fourth-order valence-electron chi connectivity index (χ4n) is 4.08. The van der Waals surface area contributed by atoms with Crippen LogP contribution < -0.4 is 0 Å². The SMILES string of the molecule is C/C=C(\C)N1C(=O)CC(N2CCC(C)CC2)C1=O.C=C(CC)c1nc2ccc(C)cc2s1. The molecule has 6 heteroatoms. The summed E-state index contributed by atoms with van der Waals surface area (Å²) in [6.07, 6.45) is 5.38. The Morgan fingerprint density at radius 2 is 1.97 bits per heavy atom. The summed E-state index contributed by atoms with van der Waals surface area (Å²) in [5.41, 5.74) is 4.25. The van der Waals surface area contributed by atoms with Gasteiger partial charge in [-0.25, -0.2) is 4.98 Å². The lowest BCUT2D eigenvalue weighted by atomic mass is 9.97. The van der Waals surface area contributed by atoms with Crippen LogP contribution >= 0.6 is 11.3 Å². The van der Waals surface area contributed by atoms with Crippen molar-refractivity contribution in [1.29, 1.82) is 0 Å². The van der Waals surface area contributed by atoms with Crippen LogP contribution in [-0.4, -0.2) is 45.7 Å². The number of fused-ring (bicyclic) bond motifs is 1. The maximum atomic E-state index is 12.3. The van der Waals surface area contributed by atoms with Crippen LogP contribution in [0.2, 0.25) is 0 Å². The van der Waals surface area contributed by atoms with E-state index in [1.165, 1.54) is 15.2 Å². The Kier molecular flexibility index (Phi) is 8.01. The molecule has 2 saturated heterocycles. The van der Waals surface area contributed by atoms with E-state index >= 15 is 0 Å². The Bertz CT molecular complexity index is 1030. The van der Waals surface area contributed by atoms with E-state index in [4.69, 9.17) is 0 Å². The zero-order chi connectivity index (χ0) is 23.4. The highest BCUT2D eigenvalue weighted by Gasteiger charge is 2.42. The smallest absolute Gasteiger partial charge is 0.251 e. The molecule has 4 rings (SSSR count). The largest absolute Gasteiger partial charge is 0.292 e. The van der Waals surface area contributed by atoms with Crippen molar-refractivity contribution in [3.63, 3.8) is 0 Å². The number of thiazole rings is 1. The quantitative estimate of drug-likeness (QED) is 0.549. The zero-order valence-electron chi connectivity index (χ0n) is 20.0. The van der Waals surface area contributed by atoms with Crippen LogP contribution in [0.1, 0.15) is 63.9 Å². The second-order valence-corrected chi connectivity index (χ2v) is 9.91. The third kappa shape index (κ3) is 5.36. The molecule has 0 spiro atoms. The molecule has 32 heavy (non-hydrogen) atoms. The van der Waals surface area contributed by atoms with Gasteiger partial charge in [-0.05, 0) is 82.3 Å². The van der Waals surface area contributed by atoms with Gasteiger partial charge >= 0.3 is 0 Å². The van der Waals surface area contributed by atoms with Gasteiger partial charge in [-0.1, -0.05) is 32.6 Å². The molecule has 2 aliphatic heterocycles. The number of likely N-dealkylation sites (tertiary alicyclic amines) is 2. The van der Waals surface area contributed by atoms with Crippen LogP contribution in [-0.2, 0) is 9.59 Å². The van der Waals surface area contributed by atoms with Crippen molar-refractivity contribution < 1.29 is 9.59 Å². The molecule has 2 aliphatic rings. The third-order valence-electron chi connectivity index (χ3n) is 6.43. The summed E-state index contributed by atoms with van der Waals surface area (Å²) in [7, 11) is 0. The zero-order valence-corrected chi connectivity index (χ0v) is 20.8. The summed E-state index contributed by atoms with van der Waals surface area (Å²) in [5, 5.41) is 1.08. The lowest BCUT2D eigenvalue weighted by molar-refractivity contribution is -0.137. The van der Waals surface area contributed by atoms with Crippen molar-refractivity contribution in [3.8, 4) is 0 Å². The molecule has 0 bridgehead atoms. The van der Waals surface area contributed by atoms with Gasteiger partial charge in [0.15, 0.2) is 0 Å². The number of rotatable bonds is 4. The van der Waals surface area contributed by atoms with Gasteiger partial charge in [0.1, 0.15) is 5.01 Å². The Morgan fingerprint density at radius 3 is 2.59 bits per heavy atom. The summed E-state index contributed by atoms with van der Waals surface area (Å²) < 4.78 is 1.26. The van der Waals surface area contributed by atoms with Gasteiger partial charge in [-0.15, -0.1) is 11.3 Å². The monoisotopic (exact) mass is 453 g/mol. The number of benzene rings is 1. The van der Waals surface area contributed by atoms with Crippen LogP contribution in [0.25, 0.3) is 15.8 Å². The highest BCUT2D eigenvalue weighted by atomic mass is 32.1. The van der Waals surface area contributed by atoms with Crippen molar-refractivity contribution in [2.45, 2.75) is 66.3 Å². The van der Waals surface area contributed by atoms with E-state index < -0.39 is 0 Å². The molecule has 0 saturated carbocycles. The number of carbonyl (C=O) groups is 2. The molecule has 0 N–H and O–H groups in total. The molecule has 2 fully saturated rings. The first-order valence-corrected chi connectivity index (χ1v) is 12.4. The first kappa shape index (κ1) is 24.3. The number of nitrogens with zero attached hydrogens (tertiary/aromatic N) is 3. The molecule has 172 valence electrons. The van der Waals surface area contributed by atoms with E-state index in [0.717, 1.165) is 60.1 Å². The molecule has 1 unspecified atom stereocenters. The molecule has 1 aromatic heterocycles. The molecule has 2 aromatic rings. The van der Waals surface area contributed by atoms with Crippen molar-refractivity contribution in [1.82, 2.24) is 14.8 Å². The number of piperidine rings is 1. The second-order valence-electron chi connectivity index (χ2n) is 8.88. The van der Waals surface area contributed by atoms with E-state index in [1.54, 1.807) is 11.3 Å². The third-order valence-corrected chi connectivity index (χ3v) is 7.55. The van der Waals surface area contributed by atoms with Gasteiger partial charge in [0.25, 0.3) is 5.91 Å². The lowest BCUT2D eigenvalue weighted by Crippen LogP contribution is -2.45. The molecule has 1 aromatic carbocycles. The number of allylic oxidation sites excluding steroid dienone is 3. The number of aryl methyl sites for hydroxylation is 1. The minimum absolute atomic E-state index is 0.0369. The highest BCUT2D eigenvalue weighted by molar-refractivity contribution is 7.19. The first-order chi connectivity index (χ1) is 15.2. The second kappa shape index (κ2) is 10.5. The molecule has 2 amide bonds. The fraction of sp³-hybridized carbons (Fsp3) is 0.500. The van der Waals surface area contributed by atoms with E-state index in [1.807, 2.05) is 19.9 Å². The summed E-state index contributed by atoms with van der Waals surface area (Å²) in [6.45, 7) is 16.0. The van der Waals surface area contributed by atoms with E-state index in [2.05, 4.69) is 55.4 Å². The van der Waals surface area contributed by atoms with Crippen LogP contribution in [0.3, 0.4) is 0 Å². The maximum absolute atomic E-state index is 12.3. The summed E-state index contributed by atoms with van der Waals surface area (Å²) in [5.74, 6) is 0.645. The molecule has 1 atom stereocenters. The van der Waals surface area contributed by atoms with E-state index in [-0.39, 0.29) is 17.9 Å². The number of hydrogen-bond acceptors (Lipinski definition) is 5. The van der Waals surface area contributed by atoms with Gasteiger partial charge < -0.3 is 0 Å². The average molecular weight is 454 g/mol. The van der Waals surface area contributed by atoms with Gasteiger partial charge in [-0.3, -0.25) is 19.4 Å². The topological polar surface area (TPSA) is 53.5 Å². The summed E-state index contributed by atoms with van der Waals surface area (Å²) in [6, 6.07) is 6.13. The van der Waals surface area contributed by atoms with E-state index in [9.17, 15) is 9.59 Å². The number of imide groups is 1. The first-order valence-electron chi connectivity index (χ1n) is 11.5. The molecule has 0 radical (unpaired) electrons. The highest BCUT2D eigenvalue weighted by Crippen LogP contribution is 2.28. The number of hydrogen-bond donors (Lipinski definition) is 0. The van der Waals surface area contributed by atoms with Crippen molar-refractivity contribution >= 4 is 38.9 Å². The van der Waals surface area contributed by atoms with Crippen molar-refractivity contribution in [2.24, 2.45) is 5.92 Å². The van der Waals surface area contributed by atoms with Crippen LogP contribution in [0.5, 0.6) is 0 Å². The van der Waals surface area contributed by atoms with Crippen LogP contribution in [0.4, 0.5) is 0 Å². The predicted molar refractivity (Wildman–Crippen MR) is 133 cm³/mol. The molecule has 3 heterocycles. The van der Waals surface area contributed by atoms with Crippen LogP contribution in [0, 0.1) is 12.8 Å². The van der Waals surface area contributed by atoms with Gasteiger partial charge in [-0.2, -0.15) is 0 Å². The predicted octanol–water partition coefficient (Wildman–Crippen LogP) is 5.80. The Hall–Kier alpha value is -2.31. The molecular formula is C26H35N3O2S. The molecule has 0 aliphatic carbocycles. The minimum Gasteiger partial charge on any atom is -0.292 e. The molecular weight excluding hydrogens is 418 g/mol. The van der Waals surface area contributed by atoms with Crippen LogP contribution in [0.15, 0.2) is 36.6 Å². The lowest BCUT2D eigenvalue weighted by Gasteiger charge is -2.33. The average Bonchev–Trinajstić information content (AvgIpc) is 3.33. The van der Waals surface area contributed by atoms with Gasteiger partial charge in [0.05, 0.1) is 22.7 Å². The van der Waals surface area contributed by atoms with Gasteiger partial charge in [0.2, 0.25) is 5.91 Å².